The normalized spacial score (nSPS) is 10.7. The van der Waals surface area contributed by atoms with E-state index in [0.717, 1.165) is 17.8 Å². The highest BCUT2D eigenvalue weighted by molar-refractivity contribution is 6.37. The van der Waals surface area contributed by atoms with E-state index in [9.17, 15) is 5.11 Å². The number of nitrogens with zero attached hydrogens (tertiary/aromatic N) is 5. The lowest BCUT2D eigenvalue weighted by Gasteiger charge is -2.19. The number of hydrogen-bond acceptors (Lipinski definition) is 7. The first kappa shape index (κ1) is 21.8. The van der Waals surface area contributed by atoms with Crippen LogP contribution in [-0.2, 0) is 13.2 Å². The van der Waals surface area contributed by atoms with Crippen LogP contribution in [0.4, 0.5) is 5.69 Å². The molecule has 2 aromatic heterocycles. The molecule has 0 bridgehead atoms. The van der Waals surface area contributed by atoms with Crippen LogP contribution in [0.15, 0.2) is 67.1 Å². The molecule has 0 aliphatic rings. The highest BCUT2D eigenvalue weighted by Crippen LogP contribution is 2.35. The fourth-order valence-electron chi connectivity index (χ4n) is 3.03. The number of aromatic hydroxyl groups is 1. The third-order valence-electron chi connectivity index (χ3n) is 4.77. The van der Waals surface area contributed by atoms with E-state index < -0.39 is 0 Å². The molecule has 1 N–H and O–H groups in total. The summed E-state index contributed by atoms with van der Waals surface area (Å²) >= 11 is 11.9. The fourth-order valence-corrected chi connectivity index (χ4v) is 3.52. The number of halogens is 2. The van der Waals surface area contributed by atoms with Gasteiger partial charge in [-0.05, 0) is 35.4 Å². The molecular weight excluding hydrogens is 449 g/mol. The van der Waals surface area contributed by atoms with Crippen LogP contribution in [0.25, 0.3) is 11.3 Å². The van der Waals surface area contributed by atoms with Gasteiger partial charge in [0.1, 0.15) is 12.3 Å². The molecule has 4 rings (SSSR count). The molecule has 0 saturated heterocycles. The molecule has 4 aromatic rings. The van der Waals surface area contributed by atoms with E-state index in [1.54, 1.807) is 24.5 Å². The fraction of sp³-hybridized carbons (Fsp3) is 0.130. The van der Waals surface area contributed by atoms with Crippen LogP contribution in [-0.4, -0.2) is 32.3 Å². The van der Waals surface area contributed by atoms with Crippen molar-refractivity contribution in [3.8, 4) is 23.0 Å². The van der Waals surface area contributed by atoms with Gasteiger partial charge in [-0.15, -0.1) is 5.10 Å². The highest BCUT2D eigenvalue weighted by atomic mass is 35.5. The monoisotopic (exact) mass is 467 g/mol. The van der Waals surface area contributed by atoms with Crippen molar-refractivity contribution >= 4 is 28.9 Å². The minimum absolute atomic E-state index is 0.130. The second-order valence-corrected chi connectivity index (χ2v) is 7.90. The molecule has 0 atom stereocenters. The zero-order valence-electron chi connectivity index (χ0n) is 17.1. The molecule has 0 saturated carbocycles. The number of ether oxygens (including phenoxy) is 1. The summed E-state index contributed by atoms with van der Waals surface area (Å²) in [5.41, 5.74) is 4.34. The zero-order chi connectivity index (χ0) is 22.5. The van der Waals surface area contributed by atoms with E-state index in [1.165, 1.54) is 11.8 Å². The summed E-state index contributed by atoms with van der Waals surface area (Å²) in [4.78, 5) is 10.4. The van der Waals surface area contributed by atoms with Gasteiger partial charge in [-0.1, -0.05) is 52.6 Å². The number of anilines is 1. The zero-order valence-corrected chi connectivity index (χ0v) is 18.6. The lowest BCUT2D eigenvalue weighted by Crippen LogP contribution is -2.16. The minimum atomic E-state index is -0.173. The van der Waals surface area contributed by atoms with Crippen LogP contribution in [0.1, 0.15) is 11.1 Å². The summed E-state index contributed by atoms with van der Waals surface area (Å²) in [7, 11) is 2.04. The van der Waals surface area contributed by atoms with Crippen molar-refractivity contribution < 1.29 is 9.84 Å². The molecule has 7 nitrogen and oxygen atoms in total. The Morgan fingerprint density at radius 2 is 1.59 bits per heavy atom. The average molecular weight is 468 g/mol. The van der Waals surface area contributed by atoms with Crippen LogP contribution in [0, 0.1) is 0 Å². The molecule has 0 aliphatic carbocycles. The third-order valence-corrected chi connectivity index (χ3v) is 5.34. The summed E-state index contributed by atoms with van der Waals surface area (Å²) in [6, 6.07) is 15.4. The second-order valence-electron chi connectivity index (χ2n) is 7.08. The van der Waals surface area contributed by atoms with Crippen molar-refractivity contribution in [3.05, 3.63) is 88.3 Å². The van der Waals surface area contributed by atoms with Gasteiger partial charge >= 0.3 is 6.01 Å². The number of aromatic nitrogens is 4. The van der Waals surface area contributed by atoms with E-state index in [0.29, 0.717) is 17.9 Å². The van der Waals surface area contributed by atoms with E-state index in [-0.39, 0.29) is 21.8 Å². The van der Waals surface area contributed by atoms with Gasteiger partial charge in [0.05, 0.1) is 16.2 Å². The van der Waals surface area contributed by atoms with Crippen LogP contribution in [0.2, 0.25) is 10.0 Å². The van der Waals surface area contributed by atoms with Crippen LogP contribution in [0.3, 0.4) is 0 Å². The first-order valence-corrected chi connectivity index (χ1v) is 10.4. The first-order valence-electron chi connectivity index (χ1n) is 9.69. The van der Waals surface area contributed by atoms with Gasteiger partial charge < -0.3 is 14.7 Å². The summed E-state index contributed by atoms with van der Waals surface area (Å²) in [6.07, 6.45) is 5.08. The topological polar surface area (TPSA) is 84.3 Å². The van der Waals surface area contributed by atoms with Crippen LogP contribution < -0.4 is 9.64 Å². The van der Waals surface area contributed by atoms with Crippen molar-refractivity contribution in [2.45, 2.75) is 13.2 Å². The Morgan fingerprint density at radius 1 is 0.938 bits per heavy atom. The lowest BCUT2D eigenvalue weighted by molar-refractivity contribution is 0.276. The molecule has 0 radical (unpaired) electrons. The maximum absolute atomic E-state index is 9.67. The van der Waals surface area contributed by atoms with Crippen molar-refractivity contribution in [2.75, 3.05) is 11.9 Å². The predicted molar refractivity (Wildman–Crippen MR) is 124 cm³/mol. The molecule has 32 heavy (non-hydrogen) atoms. The molecule has 0 amide bonds. The number of hydrogen-bond donors (Lipinski definition) is 1. The molecule has 2 heterocycles. The maximum atomic E-state index is 9.67. The molecular formula is C23H19Cl2N5O2. The summed E-state index contributed by atoms with van der Waals surface area (Å²) in [6.45, 7) is 1.10. The largest absolute Gasteiger partial charge is 0.505 e. The molecule has 0 fully saturated rings. The number of rotatable bonds is 7. The quantitative estimate of drug-likeness (QED) is 0.401. The van der Waals surface area contributed by atoms with E-state index in [1.807, 2.05) is 31.3 Å². The van der Waals surface area contributed by atoms with Gasteiger partial charge in [0.25, 0.3) is 0 Å². The molecule has 2 aromatic carbocycles. The van der Waals surface area contributed by atoms with Crippen LogP contribution in [0.5, 0.6) is 11.8 Å². The van der Waals surface area contributed by atoms with Crippen LogP contribution >= 0.6 is 23.2 Å². The van der Waals surface area contributed by atoms with Gasteiger partial charge in [0, 0.05) is 37.2 Å². The third kappa shape index (κ3) is 5.25. The van der Waals surface area contributed by atoms with E-state index >= 15 is 0 Å². The van der Waals surface area contributed by atoms with Crippen molar-refractivity contribution in [1.29, 1.82) is 0 Å². The SMILES string of the molecule is CN(Cc1ccc(COc2ncc(-c3cc(Cl)c(O)c(Cl)c3)nn2)cc1)c1ccncc1. The van der Waals surface area contributed by atoms with Gasteiger partial charge in [0.2, 0.25) is 0 Å². The second kappa shape index (κ2) is 9.80. The number of phenols is 1. The lowest BCUT2D eigenvalue weighted by atomic mass is 10.1. The Bertz CT molecular complexity index is 1170. The number of pyridine rings is 1. The summed E-state index contributed by atoms with van der Waals surface area (Å²) < 4.78 is 5.65. The van der Waals surface area contributed by atoms with Gasteiger partial charge in [-0.3, -0.25) is 4.98 Å². The van der Waals surface area contributed by atoms with E-state index in [4.69, 9.17) is 27.9 Å². The first-order chi connectivity index (χ1) is 15.5. The van der Waals surface area contributed by atoms with Crippen molar-refractivity contribution in [3.63, 3.8) is 0 Å². The number of phenolic OH excluding ortho intramolecular Hbond substituents is 1. The Hall–Kier alpha value is -3.42. The summed E-state index contributed by atoms with van der Waals surface area (Å²) in [5, 5.41) is 18.0. The standard InChI is InChI=1S/C23H19Cl2N5O2/c1-30(18-6-8-26-9-7-18)13-15-2-4-16(5-3-15)14-32-23-27-12-21(28-29-23)17-10-19(24)22(31)20(25)11-17/h2-12,31H,13-14H2,1H3. The van der Waals surface area contributed by atoms with Gasteiger partial charge in [-0.2, -0.15) is 0 Å². The molecule has 0 unspecified atom stereocenters. The highest BCUT2D eigenvalue weighted by Gasteiger charge is 2.10. The Labute approximate surface area is 195 Å². The maximum Gasteiger partial charge on any atom is 0.336 e. The average Bonchev–Trinajstić information content (AvgIpc) is 2.82. The Kier molecular flexibility index (Phi) is 6.68. The van der Waals surface area contributed by atoms with Gasteiger partial charge in [0.15, 0.2) is 5.75 Å². The molecule has 9 heteroatoms. The Balaban J connectivity index is 1.35. The van der Waals surface area contributed by atoms with Crippen molar-refractivity contribution in [1.82, 2.24) is 20.2 Å². The Morgan fingerprint density at radius 3 is 2.22 bits per heavy atom. The predicted octanol–water partition coefficient (Wildman–Crippen LogP) is 5.16. The molecule has 0 spiro atoms. The smallest absolute Gasteiger partial charge is 0.336 e. The summed E-state index contributed by atoms with van der Waals surface area (Å²) in [5.74, 6) is -0.173. The minimum Gasteiger partial charge on any atom is -0.505 e. The van der Waals surface area contributed by atoms with Crippen molar-refractivity contribution in [2.24, 2.45) is 0 Å². The van der Waals surface area contributed by atoms with Gasteiger partial charge in [-0.25, -0.2) is 4.98 Å². The molecule has 0 aliphatic heterocycles. The van der Waals surface area contributed by atoms with E-state index in [2.05, 4.69) is 37.2 Å². The molecule has 162 valence electrons. The number of benzene rings is 2.